The van der Waals surface area contributed by atoms with Crippen LogP contribution in [-0.2, 0) is 26.0 Å². The molecule has 4 aromatic rings. The fourth-order valence-electron chi connectivity index (χ4n) is 4.27. The van der Waals surface area contributed by atoms with Gasteiger partial charge in [-0.1, -0.05) is 66.2 Å². The summed E-state index contributed by atoms with van der Waals surface area (Å²) in [6.45, 7) is 4.43. The maximum atomic E-state index is 12.5. The van der Waals surface area contributed by atoms with Gasteiger partial charge >= 0.3 is 29.6 Å². The first kappa shape index (κ1) is 33.2. The van der Waals surface area contributed by atoms with E-state index in [1.807, 2.05) is 62.4 Å². The number of nitrogens with one attached hydrogen (secondary N) is 2. The monoisotopic (exact) mass is 635 g/mol. The van der Waals surface area contributed by atoms with Crippen LogP contribution >= 0.6 is 11.8 Å². The number of carbonyl (C=O) groups excluding carboxylic acids is 2. The summed E-state index contributed by atoms with van der Waals surface area (Å²) in [6, 6.07) is 29.0. The van der Waals surface area contributed by atoms with Crippen LogP contribution in [0.4, 0.5) is 5.69 Å². The second-order valence-corrected chi connectivity index (χ2v) is 12.5. The molecule has 0 aliphatic carbocycles. The fourth-order valence-corrected chi connectivity index (χ4v) is 6.09. The average Bonchev–Trinajstić information content (AvgIpc) is 3.33. The van der Waals surface area contributed by atoms with Crippen LogP contribution in [-0.4, -0.2) is 61.6 Å². The third kappa shape index (κ3) is 8.71. The summed E-state index contributed by atoms with van der Waals surface area (Å²) in [4.78, 5) is 29.6. The fraction of sp³-hybridized carbons (Fsp3) is 0.121. The summed E-state index contributed by atoms with van der Waals surface area (Å²) in [5.74, 6) is -0.129. The van der Waals surface area contributed by atoms with E-state index in [4.69, 9.17) is 4.74 Å². The van der Waals surface area contributed by atoms with E-state index in [1.165, 1.54) is 23.9 Å². The SMILES string of the molecule is CCOc1ccc(-c2ccc(C=C3SC(Nc4ccc(CC(=O)NS(=O)(=O)c5ccc(C)cc5)cc4)=NC3=O)cc2)cc1.[NaH]. The molecular formula is C33H30N3NaO5S2. The molecule has 0 bridgehead atoms. The Morgan fingerprint density at radius 1 is 0.886 bits per heavy atom. The summed E-state index contributed by atoms with van der Waals surface area (Å²) in [5.41, 5.74) is 5.24. The zero-order chi connectivity index (χ0) is 30.4. The predicted octanol–water partition coefficient (Wildman–Crippen LogP) is 5.54. The summed E-state index contributed by atoms with van der Waals surface area (Å²) in [6.07, 6.45) is 1.70. The first-order valence-corrected chi connectivity index (χ1v) is 15.8. The third-order valence-corrected chi connectivity index (χ3v) is 8.77. The molecule has 0 saturated heterocycles. The quantitative estimate of drug-likeness (QED) is 0.183. The van der Waals surface area contributed by atoms with Crippen molar-refractivity contribution in [2.45, 2.75) is 25.2 Å². The van der Waals surface area contributed by atoms with Crippen LogP contribution in [0.15, 0.2) is 112 Å². The van der Waals surface area contributed by atoms with Crippen molar-refractivity contribution in [3.05, 3.63) is 119 Å². The standard InChI is InChI=1S/C33H29N3O5S2.Na.H/c1-3-41-28-16-12-26(13-17-28)25-10-6-23(7-11-25)20-30-32(38)35-33(42-30)34-27-14-8-24(9-15-27)21-31(37)36-43(39,40)29-18-4-22(2)5-19-29;;/h4-20H,3,21H2,1-2H3,(H,36,37)(H,34,35,38);;. The molecular weight excluding hydrogens is 606 g/mol. The molecule has 0 radical (unpaired) electrons. The summed E-state index contributed by atoms with van der Waals surface area (Å²) < 4.78 is 32.6. The normalized spacial score (nSPS) is 13.6. The predicted molar refractivity (Wildman–Crippen MR) is 178 cm³/mol. The molecule has 0 spiro atoms. The van der Waals surface area contributed by atoms with Crippen LogP contribution in [0.5, 0.6) is 5.75 Å². The molecule has 2 amide bonds. The van der Waals surface area contributed by atoms with Crippen LogP contribution in [0.2, 0.25) is 0 Å². The van der Waals surface area contributed by atoms with Gasteiger partial charge in [-0.25, -0.2) is 13.1 Å². The van der Waals surface area contributed by atoms with Crippen LogP contribution in [0.25, 0.3) is 17.2 Å². The van der Waals surface area contributed by atoms with Crippen LogP contribution in [0.1, 0.15) is 23.6 Å². The van der Waals surface area contributed by atoms with E-state index in [9.17, 15) is 18.0 Å². The Hall–Kier alpha value is -3.67. The molecule has 5 rings (SSSR count). The molecule has 0 saturated carbocycles. The zero-order valence-corrected chi connectivity index (χ0v) is 25.2. The van der Waals surface area contributed by atoms with Crippen molar-refractivity contribution in [3.8, 4) is 16.9 Å². The van der Waals surface area contributed by atoms with Crippen molar-refractivity contribution in [1.82, 2.24) is 4.72 Å². The van der Waals surface area contributed by atoms with Gasteiger partial charge < -0.3 is 10.1 Å². The zero-order valence-electron chi connectivity index (χ0n) is 23.5. The molecule has 0 fully saturated rings. The van der Waals surface area contributed by atoms with E-state index in [0.717, 1.165) is 28.0 Å². The molecule has 0 aromatic heterocycles. The van der Waals surface area contributed by atoms with Crippen LogP contribution < -0.4 is 14.8 Å². The average molecular weight is 636 g/mol. The van der Waals surface area contributed by atoms with Crippen molar-refractivity contribution >= 4 is 80.1 Å². The van der Waals surface area contributed by atoms with Crippen molar-refractivity contribution < 1.29 is 22.7 Å². The second kappa shape index (κ2) is 14.9. The van der Waals surface area contributed by atoms with Gasteiger partial charge in [0.25, 0.3) is 15.9 Å². The summed E-state index contributed by atoms with van der Waals surface area (Å²) in [7, 11) is -3.94. The van der Waals surface area contributed by atoms with Crippen molar-refractivity contribution in [3.63, 3.8) is 0 Å². The molecule has 0 unspecified atom stereocenters. The van der Waals surface area contributed by atoms with Gasteiger partial charge in [-0.2, -0.15) is 4.99 Å². The Morgan fingerprint density at radius 2 is 1.50 bits per heavy atom. The number of sulfonamides is 1. The number of rotatable bonds is 9. The molecule has 1 aliphatic rings. The first-order valence-electron chi connectivity index (χ1n) is 13.5. The number of carbonyl (C=O) groups is 2. The molecule has 8 nitrogen and oxygen atoms in total. The minimum absolute atomic E-state index is 0. The Morgan fingerprint density at radius 3 is 2.11 bits per heavy atom. The van der Waals surface area contributed by atoms with E-state index in [-0.39, 0.29) is 46.8 Å². The Balaban J connectivity index is 0.00000442. The molecule has 2 N–H and O–H groups in total. The second-order valence-electron chi connectivity index (χ2n) is 9.75. The van der Waals surface area contributed by atoms with E-state index in [0.29, 0.717) is 27.9 Å². The van der Waals surface area contributed by atoms with Gasteiger partial charge in [0.2, 0.25) is 5.91 Å². The van der Waals surface area contributed by atoms with Crippen molar-refractivity contribution in [2.24, 2.45) is 4.99 Å². The minimum atomic E-state index is -3.94. The number of amidine groups is 1. The van der Waals surface area contributed by atoms with E-state index < -0.39 is 15.9 Å². The number of amides is 2. The number of hydrogen-bond acceptors (Lipinski definition) is 7. The van der Waals surface area contributed by atoms with E-state index >= 15 is 0 Å². The van der Waals surface area contributed by atoms with Gasteiger partial charge in [-0.15, -0.1) is 0 Å². The number of anilines is 1. The summed E-state index contributed by atoms with van der Waals surface area (Å²) >= 11 is 1.24. The maximum absolute atomic E-state index is 12.5. The molecule has 1 heterocycles. The molecule has 11 heteroatoms. The van der Waals surface area contributed by atoms with Crippen molar-refractivity contribution in [1.29, 1.82) is 0 Å². The van der Waals surface area contributed by atoms with E-state index in [1.54, 1.807) is 42.5 Å². The Bertz CT molecular complexity index is 1800. The van der Waals surface area contributed by atoms with Gasteiger partial charge in [-0.3, -0.25) is 9.59 Å². The molecule has 44 heavy (non-hydrogen) atoms. The van der Waals surface area contributed by atoms with Gasteiger partial charge in [0.05, 0.1) is 22.8 Å². The Kier molecular flexibility index (Phi) is 11.2. The van der Waals surface area contributed by atoms with Crippen LogP contribution in [0, 0.1) is 6.92 Å². The topological polar surface area (TPSA) is 114 Å². The number of hydrogen-bond donors (Lipinski definition) is 2. The van der Waals surface area contributed by atoms with E-state index in [2.05, 4.69) is 15.0 Å². The number of benzene rings is 4. The van der Waals surface area contributed by atoms with Crippen LogP contribution in [0.3, 0.4) is 0 Å². The van der Waals surface area contributed by atoms with Gasteiger partial charge in [0.1, 0.15) is 5.75 Å². The molecule has 0 atom stereocenters. The van der Waals surface area contributed by atoms with Gasteiger partial charge in [0, 0.05) is 5.69 Å². The van der Waals surface area contributed by atoms with Crippen molar-refractivity contribution in [2.75, 3.05) is 11.9 Å². The Labute approximate surface area is 283 Å². The third-order valence-electron chi connectivity index (χ3n) is 6.48. The molecule has 220 valence electrons. The van der Waals surface area contributed by atoms with Gasteiger partial charge in [0.15, 0.2) is 5.17 Å². The number of nitrogens with zero attached hydrogens (tertiary/aromatic N) is 1. The first-order chi connectivity index (χ1) is 20.7. The molecule has 4 aromatic carbocycles. The van der Waals surface area contributed by atoms with Gasteiger partial charge in [-0.05, 0) is 90.3 Å². The number of aryl methyl sites for hydroxylation is 1. The molecule has 1 aliphatic heterocycles. The summed E-state index contributed by atoms with van der Waals surface area (Å²) in [5, 5.41) is 3.56. The number of ether oxygens (including phenoxy) is 1. The number of aliphatic imine (C=N–C) groups is 1. The number of thioether (sulfide) groups is 1.